The van der Waals surface area contributed by atoms with Crippen LogP contribution >= 0.6 is 0 Å². The summed E-state index contributed by atoms with van der Waals surface area (Å²) in [6.45, 7) is 0. The van der Waals surface area contributed by atoms with Gasteiger partial charge in [0.25, 0.3) is 5.91 Å². The number of hydrogen-bond acceptors (Lipinski definition) is 3. The van der Waals surface area contributed by atoms with Crippen LogP contribution in [0.3, 0.4) is 0 Å². The molecule has 0 aliphatic carbocycles. The molecule has 1 amide bonds. The van der Waals surface area contributed by atoms with E-state index in [2.05, 4.69) is 4.98 Å². The minimum absolute atomic E-state index is 0.295. The molecule has 3 rings (SSSR count). The average Bonchev–Trinajstić information content (AvgIpc) is 3.09. The highest BCUT2D eigenvalue weighted by Crippen LogP contribution is 2.27. The SMILES string of the molecule is Cn1ccnc1C(=O)N(/C(=C\C#N)c1ccccc1)c1ccccc1. The second-order valence-corrected chi connectivity index (χ2v) is 5.36. The number of allylic oxidation sites excluding steroid dienone is 1. The zero-order valence-corrected chi connectivity index (χ0v) is 13.7. The van der Waals surface area contributed by atoms with E-state index < -0.39 is 0 Å². The maximum atomic E-state index is 13.2. The first-order valence-corrected chi connectivity index (χ1v) is 7.74. The van der Waals surface area contributed by atoms with Crippen LogP contribution in [-0.4, -0.2) is 15.5 Å². The zero-order chi connectivity index (χ0) is 17.6. The smallest absolute Gasteiger partial charge is 0.298 e. The number of nitriles is 1. The summed E-state index contributed by atoms with van der Waals surface area (Å²) in [5, 5.41) is 9.28. The van der Waals surface area contributed by atoms with E-state index in [1.54, 1.807) is 24.0 Å². The number of aromatic nitrogens is 2. The molecule has 0 saturated heterocycles. The molecule has 0 N–H and O–H groups in total. The van der Waals surface area contributed by atoms with Crippen molar-refractivity contribution in [3.8, 4) is 6.07 Å². The minimum Gasteiger partial charge on any atom is -0.330 e. The monoisotopic (exact) mass is 328 g/mol. The Hall–Kier alpha value is -3.65. The van der Waals surface area contributed by atoms with E-state index in [0.717, 1.165) is 5.56 Å². The highest BCUT2D eigenvalue weighted by atomic mass is 16.2. The summed E-state index contributed by atoms with van der Waals surface area (Å²) in [6, 6.07) is 20.6. The van der Waals surface area contributed by atoms with Crippen molar-refractivity contribution in [2.45, 2.75) is 0 Å². The quantitative estimate of drug-likeness (QED) is 0.687. The molecule has 2 aromatic carbocycles. The lowest BCUT2D eigenvalue weighted by Gasteiger charge is -2.25. The van der Waals surface area contributed by atoms with Gasteiger partial charge < -0.3 is 4.57 Å². The average molecular weight is 328 g/mol. The number of imidazole rings is 1. The number of aryl methyl sites for hydroxylation is 1. The second kappa shape index (κ2) is 7.28. The van der Waals surface area contributed by atoms with Crippen molar-refractivity contribution in [2.75, 3.05) is 4.90 Å². The third kappa shape index (κ3) is 3.33. The van der Waals surface area contributed by atoms with E-state index in [9.17, 15) is 10.1 Å². The largest absolute Gasteiger partial charge is 0.330 e. The van der Waals surface area contributed by atoms with Gasteiger partial charge >= 0.3 is 0 Å². The van der Waals surface area contributed by atoms with Crippen LogP contribution in [0.15, 0.2) is 79.1 Å². The van der Waals surface area contributed by atoms with Crippen LogP contribution in [0.5, 0.6) is 0 Å². The molecule has 25 heavy (non-hydrogen) atoms. The van der Waals surface area contributed by atoms with Gasteiger partial charge in [-0.3, -0.25) is 9.69 Å². The van der Waals surface area contributed by atoms with Crippen molar-refractivity contribution in [1.29, 1.82) is 5.26 Å². The molecule has 122 valence electrons. The fourth-order valence-electron chi connectivity index (χ4n) is 2.56. The number of hydrogen-bond donors (Lipinski definition) is 0. The van der Waals surface area contributed by atoms with Gasteiger partial charge in [0.1, 0.15) is 0 Å². The van der Waals surface area contributed by atoms with Gasteiger partial charge in [-0.1, -0.05) is 48.5 Å². The predicted octanol–water partition coefficient (Wildman–Crippen LogP) is 3.63. The van der Waals surface area contributed by atoms with E-state index in [1.165, 1.54) is 11.0 Å². The molecule has 0 fully saturated rings. The maximum Gasteiger partial charge on any atom is 0.298 e. The van der Waals surface area contributed by atoms with Crippen molar-refractivity contribution >= 4 is 17.3 Å². The Balaban J connectivity index is 2.17. The highest BCUT2D eigenvalue weighted by Gasteiger charge is 2.25. The van der Waals surface area contributed by atoms with Gasteiger partial charge in [-0.25, -0.2) is 4.98 Å². The first-order chi connectivity index (χ1) is 12.2. The Morgan fingerprint density at radius 2 is 1.76 bits per heavy atom. The van der Waals surface area contributed by atoms with Crippen LogP contribution in [-0.2, 0) is 7.05 Å². The van der Waals surface area contributed by atoms with Crippen molar-refractivity contribution in [3.63, 3.8) is 0 Å². The lowest BCUT2D eigenvalue weighted by Crippen LogP contribution is -2.31. The molecule has 0 unspecified atom stereocenters. The number of amides is 1. The summed E-state index contributed by atoms with van der Waals surface area (Å²) in [7, 11) is 1.76. The number of carbonyl (C=O) groups is 1. The number of carbonyl (C=O) groups excluding carboxylic acids is 1. The summed E-state index contributed by atoms with van der Waals surface area (Å²) in [4.78, 5) is 18.9. The van der Waals surface area contributed by atoms with E-state index >= 15 is 0 Å². The van der Waals surface area contributed by atoms with Crippen LogP contribution in [0.4, 0.5) is 5.69 Å². The molecule has 5 nitrogen and oxygen atoms in total. The van der Waals surface area contributed by atoms with Gasteiger partial charge in [0, 0.05) is 31.2 Å². The van der Waals surface area contributed by atoms with Crippen molar-refractivity contribution in [3.05, 3.63) is 90.5 Å². The molecule has 0 aliphatic heterocycles. The molecular formula is C20H16N4O. The van der Waals surface area contributed by atoms with Crippen LogP contribution in [0, 0.1) is 11.3 Å². The van der Waals surface area contributed by atoms with E-state index in [0.29, 0.717) is 17.2 Å². The van der Waals surface area contributed by atoms with Crippen molar-refractivity contribution in [2.24, 2.45) is 7.05 Å². The standard InChI is InChI=1S/C20H16N4O/c1-23-15-14-22-19(23)20(25)24(17-10-6-3-7-11-17)18(12-13-21)16-8-4-2-5-9-16/h2-12,14-15H,1H3/b18-12-. The Morgan fingerprint density at radius 3 is 2.32 bits per heavy atom. The number of rotatable bonds is 4. The topological polar surface area (TPSA) is 61.9 Å². The zero-order valence-electron chi connectivity index (χ0n) is 13.7. The molecule has 0 atom stereocenters. The Morgan fingerprint density at radius 1 is 1.12 bits per heavy atom. The molecule has 0 bridgehead atoms. The van der Waals surface area contributed by atoms with Crippen LogP contribution in [0.25, 0.3) is 5.70 Å². The van der Waals surface area contributed by atoms with Crippen LogP contribution in [0.2, 0.25) is 0 Å². The van der Waals surface area contributed by atoms with Gasteiger partial charge in [0.2, 0.25) is 0 Å². The van der Waals surface area contributed by atoms with E-state index in [4.69, 9.17) is 0 Å². The molecule has 0 spiro atoms. The molecule has 1 heterocycles. The maximum absolute atomic E-state index is 13.2. The van der Waals surface area contributed by atoms with Crippen molar-refractivity contribution < 1.29 is 4.79 Å². The fraction of sp³-hybridized carbons (Fsp3) is 0.0500. The number of anilines is 1. The van der Waals surface area contributed by atoms with E-state index in [1.807, 2.05) is 66.7 Å². The highest BCUT2D eigenvalue weighted by molar-refractivity contribution is 6.13. The van der Waals surface area contributed by atoms with Crippen LogP contribution in [0.1, 0.15) is 16.2 Å². The third-order valence-corrected chi connectivity index (χ3v) is 3.74. The summed E-state index contributed by atoms with van der Waals surface area (Å²) in [5.74, 6) is -0.00678. The third-order valence-electron chi connectivity index (χ3n) is 3.74. The van der Waals surface area contributed by atoms with Gasteiger partial charge in [-0.15, -0.1) is 0 Å². The van der Waals surface area contributed by atoms with Gasteiger partial charge in [-0.2, -0.15) is 5.26 Å². The Kier molecular flexibility index (Phi) is 4.72. The predicted molar refractivity (Wildman–Crippen MR) is 96.5 cm³/mol. The molecule has 0 radical (unpaired) electrons. The molecule has 1 aromatic heterocycles. The Labute approximate surface area is 146 Å². The lowest BCUT2D eigenvalue weighted by molar-refractivity contribution is 0.0987. The fourth-order valence-corrected chi connectivity index (χ4v) is 2.56. The molecule has 0 aliphatic rings. The molecule has 0 saturated carbocycles. The first kappa shape index (κ1) is 16.2. The number of para-hydroxylation sites is 1. The van der Waals surface area contributed by atoms with Gasteiger partial charge in [0.15, 0.2) is 5.82 Å². The second-order valence-electron chi connectivity index (χ2n) is 5.36. The molecule has 5 heteroatoms. The van der Waals surface area contributed by atoms with Crippen LogP contribution < -0.4 is 4.90 Å². The summed E-state index contributed by atoms with van der Waals surface area (Å²) in [6.07, 6.45) is 4.67. The minimum atomic E-state index is -0.302. The summed E-state index contributed by atoms with van der Waals surface area (Å²) >= 11 is 0. The van der Waals surface area contributed by atoms with Crippen molar-refractivity contribution in [1.82, 2.24) is 9.55 Å². The first-order valence-electron chi connectivity index (χ1n) is 7.74. The van der Waals surface area contributed by atoms with Gasteiger partial charge in [-0.05, 0) is 17.7 Å². The normalized spacial score (nSPS) is 11.0. The molecular weight excluding hydrogens is 312 g/mol. The number of nitrogens with zero attached hydrogens (tertiary/aromatic N) is 4. The number of benzene rings is 2. The lowest BCUT2D eigenvalue weighted by atomic mass is 10.1. The van der Waals surface area contributed by atoms with E-state index in [-0.39, 0.29) is 5.91 Å². The molecule has 3 aromatic rings. The summed E-state index contributed by atoms with van der Waals surface area (Å²) in [5.41, 5.74) is 1.94. The van der Waals surface area contributed by atoms with Gasteiger partial charge in [0.05, 0.1) is 11.8 Å². The summed E-state index contributed by atoms with van der Waals surface area (Å²) < 4.78 is 1.66. The Bertz CT molecular complexity index is 937.